The minimum atomic E-state index is 0.756. The minimum Gasteiger partial charge on any atom is -0.396 e. The fraction of sp³-hybridized carbons (Fsp3) is 0.200. The number of allylic oxidation sites excluding steroid dienone is 1. The lowest BCUT2D eigenvalue weighted by molar-refractivity contribution is 1.32. The molecule has 3 heteroatoms. The van der Waals surface area contributed by atoms with Gasteiger partial charge in [-0.15, -0.1) is 0 Å². The van der Waals surface area contributed by atoms with Crippen LogP contribution < -0.4 is 11.1 Å². The molecule has 3 N–H and O–H groups in total. The molecule has 0 saturated carbocycles. The largest absolute Gasteiger partial charge is 0.396 e. The highest BCUT2D eigenvalue weighted by molar-refractivity contribution is 9.10. The van der Waals surface area contributed by atoms with Crippen LogP contribution in [0.25, 0.3) is 0 Å². The number of nitrogens with two attached hydrogens (primary N) is 1. The predicted octanol–water partition coefficient (Wildman–Crippen LogP) is 3.02. The number of nitrogens with one attached hydrogen (secondary N) is 1. The maximum atomic E-state index is 5.83. The Morgan fingerprint density at radius 1 is 1.54 bits per heavy atom. The van der Waals surface area contributed by atoms with Crippen LogP contribution >= 0.6 is 15.9 Å². The zero-order chi connectivity index (χ0) is 9.68. The molecular formula is C10H13BrN2. The third kappa shape index (κ3) is 2.77. The van der Waals surface area contributed by atoms with Crippen molar-refractivity contribution in [3.8, 4) is 0 Å². The van der Waals surface area contributed by atoms with Crippen molar-refractivity contribution in [1.82, 2.24) is 0 Å². The van der Waals surface area contributed by atoms with Gasteiger partial charge in [0.05, 0.1) is 11.4 Å². The molecule has 70 valence electrons. The van der Waals surface area contributed by atoms with Crippen LogP contribution in [0.5, 0.6) is 0 Å². The highest BCUT2D eigenvalue weighted by atomic mass is 79.9. The third-order valence-electron chi connectivity index (χ3n) is 1.70. The number of halogens is 1. The summed E-state index contributed by atoms with van der Waals surface area (Å²) in [5.74, 6) is 0. The van der Waals surface area contributed by atoms with E-state index in [1.807, 2.05) is 37.3 Å². The first-order valence-electron chi connectivity index (χ1n) is 4.14. The Hall–Kier alpha value is -0.960. The van der Waals surface area contributed by atoms with Crippen LogP contribution in [0.15, 0.2) is 34.8 Å². The molecule has 0 unspecified atom stereocenters. The summed E-state index contributed by atoms with van der Waals surface area (Å²) in [7, 11) is 0. The molecular weight excluding hydrogens is 228 g/mol. The normalized spacial score (nSPS) is 10.6. The van der Waals surface area contributed by atoms with E-state index in [1.54, 1.807) is 0 Å². The van der Waals surface area contributed by atoms with Crippen LogP contribution in [0.2, 0.25) is 0 Å². The molecule has 2 nitrogen and oxygen atoms in total. The van der Waals surface area contributed by atoms with Crippen molar-refractivity contribution in [2.24, 2.45) is 0 Å². The van der Waals surface area contributed by atoms with Gasteiger partial charge in [-0.25, -0.2) is 0 Å². The topological polar surface area (TPSA) is 38.0 Å². The van der Waals surface area contributed by atoms with E-state index >= 15 is 0 Å². The number of nitrogen functional groups attached to an aromatic ring is 1. The van der Waals surface area contributed by atoms with Gasteiger partial charge in [-0.2, -0.15) is 0 Å². The molecule has 0 saturated heterocycles. The first-order valence-corrected chi connectivity index (χ1v) is 4.94. The van der Waals surface area contributed by atoms with Crippen molar-refractivity contribution >= 4 is 27.3 Å². The van der Waals surface area contributed by atoms with E-state index in [2.05, 4.69) is 21.2 Å². The summed E-state index contributed by atoms with van der Waals surface area (Å²) in [6.07, 6.45) is 4.04. The molecule has 0 fully saturated rings. The number of rotatable bonds is 3. The van der Waals surface area contributed by atoms with Gasteiger partial charge in [0.15, 0.2) is 0 Å². The van der Waals surface area contributed by atoms with E-state index in [9.17, 15) is 0 Å². The Labute approximate surface area is 87.0 Å². The van der Waals surface area contributed by atoms with Crippen molar-refractivity contribution < 1.29 is 0 Å². The summed E-state index contributed by atoms with van der Waals surface area (Å²) in [5, 5.41) is 3.21. The molecule has 0 heterocycles. The summed E-state index contributed by atoms with van der Waals surface area (Å²) in [6.45, 7) is 2.79. The Bertz CT molecular complexity index is 308. The van der Waals surface area contributed by atoms with Crippen LogP contribution in [-0.2, 0) is 0 Å². The van der Waals surface area contributed by atoms with E-state index in [0.717, 1.165) is 22.4 Å². The second-order valence-electron chi connectivity index (χ2n) is 2.65. The number of benzene rings is 1. The highest BCUT2D eigenvalue weighted by Crippen LogP contribution is 2.26. The smallest absolute Gasteiger partial charge is 0.0694 e. The number of anilines is 2. The van der Waals surface area contributed by atoms with Crippen molar-refractivity contribution in [3.05, 3.63) is 34.8 Å². The first-order chi connectivity index (χ1) is 6.25. The molecule has 0 aliphatic carbocycles. The summed E-state index contributed by atoms with van der Waals surface area (Å²) >= 11 is 3.37. The molecule has 1 aromatic rings. The van der Waals surface area contributed by atoms with Crippen LogP contribution in [0, 0.1) is 0 Å². The lowest BCUT2D eigenvalue weighted by Crippen LogP contribution is -2.01. The van der Waals surface area contributed by atoms with Crippen molar-refractivity contribution in [1.29, 1.82) is 0 Å². The third-order valence-corrected chi connectivity index (χ3v) is 2.39. The van der Waals surface area contributed by atoms with Gasteiger partial charge < -0.3 is 11.1 Å². The van der Waals surface area contributed by atoms with Crippen LogP contribution in [0.4, 0.5) is 11.4 Å². The molecule has 13 heavy (non-hydrogen) atoms. The summed E-state index contributed by atoms with van der Waals surface area (Å²) < 4.78 is 0.929. The molecule has 0 amide bonds. The van der Waals surface area contributed by atoms with Gasteiger partial charge in [0.2, 0.25) is 0 Å². The van der Waals surface area contributed by atoms with E-state index in [0.29, 0.717) is 0 Å². The Morgan fingerprint density at radius 2 is 2.31 bits per heavy atom. The maximum Gasteiger partial charge on any atom is 0.0694 e. The predicted molar refractivity (Wildman–Crippen MR) is 61.9 cm³/mol. The van der Waals surface area contributed by atoms with E-state index in [1.165, 1.54) is 0 Å². The lowest BCUT2D eigenvalue weighted by atomic mass is 10.2. The van der Waals surface area contributed by atoms with Crippen LogP contribution in [0.3, 0.4) is 0 Å². The fourth-order valence-electron chi connectivity index (χ4n) is 0.978. The zero-order valence-electron chi connectivity index (χ0n) is 7.55. The number of hydrogen-bond donors (Lipinski definition) is 2. The average molecular weight is 241 g/mol. The SMILES string of the molecule is C/C=C/CNc1cccc(Br)c1N. The van der Waals surface area contributed by atoms with Gasteiger partial charge in [-0.1, -0.05) is 18.2 Å². The molecule has 0 bridgehead atoms. The summed E-state index contributed by atoms with van der Waals surface area (Å²) in [5.41, 5.74) is 7.55. The minimum absolute atomic E-state index is 0.756. The lowest BCUT2D eigenvalue weighted by Gasteiger charge is -2.07. The van der Waals surface area contributed by atoms with Gasteiger partial charge in [0.1, 0.15) is 0 Å². The molecule has 0 spiro atoms. The van der Waals surface area contributed by atoms with Gasteiger partial charge in [0, 0.05) is 11.0 Å². The van der Waals surface area contributed by atoms with E-state index in [4.69, 9.17) is 5.73 Å². The van der Waals surface area contributed by atoms with Crippen molar-refractivity contribution in [2.75, 3.05) is 17.6 Å². The summed E-state index contributed by atoms with van der Waals surface area (Å²) in [6, 6.07) is 5.85. The maximum absolute atomic E-state index is 5.83. The fourth-order valence-corrected chi connectivity index (χ4v) is 1.34. The average Bonchev–Trinajstić information content (AvgIpc) is 2.13. The summed E-state index contributed by atoms with van der Waals surface area (Å²) in [4.78, 5) is 0. The van der Waals surface area contributed by atoms with Crippen LogP contribution in [-0.4, -0.2) is 6.54 Å². The first kappa shape index (κ1) is 10.1. The van der Waals surface area contributed by atoms with Gasteiger partial charge in [-0.3, -0.25) is 0 Å². The van der Waals surface area contributed by atoms with Gasteiger partial charge in [-0.05, 0) is 35.0 Å². The van der Waals surface area contributed by atoms with E-state index in [-0.39, 0.29) is 0 Å². The molecule has 0 aromatic heterocycles. The van der Waals surface area contributed by atoms with Crippen molar-refractivity contribution in [3.63, 3.8) is 0 Å². The standard InChI is InChI=1S/C10H13BrN2/c1-2-3-7-13-9-6-4-5-8(11)10(9)12/h2-6,13H,7,12H2,1H3/b3-2+. The number of para-hydroxylation sites is 1. The monoisotopic (exact) mass is 240 g/mol. The molecule has 0 atom stereocenters. The molecule has 0 aliphatic rings. The molecule has 0 aliphatic heterocycles. The second kappa shape index (κ2) is 4.92. The molecule has 1 rings (SSSR count). The molecule has 0 radical (unpaired) electrons. The van der Waals surface area contributed by atoms with Crippen LogP contribution in [0.1, 0.15) is 6.92 Å². The quantitative estimate of drug-likeness (QED) is 0.630. The van der Waals surface area contributed by atoms with Crippen molar-refractivity contribution in [2.45, 2.75) is 6.92 Å². The Kier molecular flexibility index (Phi) is 3.83. The van der Waals surface area contributed by atoms with Gasteiger partial charge in [0.25, 0.3) is 0 Å². The number of hydrogen-bond acceptors (Lipinski definition) is 2. The zero-order valence-corrected chi connectivity index (χ0v) is 9.14. The van der Waals surface area contributed by atoms with E-state index < -0.39 is 0 Å². The second-order valence-corrected chi connectivity index (χ2v) is 3.51. The highest BCUT2D eigenvalue weighted by Gasteiger charge is 1.99. The Morgan fingerprint density at radius 3 is 3.00 bits per heavy atom. The molecule has 1 aromatic carbocycles. The Balaban J connectivity index is 2.71. The van der Waals surface area contributed by atoms with Gasteiger partial charge >= 0.3 is 0 Å².